The number of anilines is 1. The van der Waals surface area contributed by atoms with E-state index in [4.69, 9.17) is 0 Å². The molecule has 27 heavy (non-hydrogen) atoms. The summed E-state index contributed by atoms with van der Waals surface area (Å²) in [5, 5.41) is 8.47. The molecule has 0 aliphatic heterocycles. The molecule has 0 saturated carbocycles. The first-order chi connectivity index (χ1) is 13.2. The number of nitrogens with one attached hydrogen (secondary N) is 3. The lowest BCUT2D eigenvalue weighted by atomic mass is 10.1. The smallest absolute Gasteiger partial charge is 0.315 e. The average Bonchev–Trinajstić information content (AvgIpc) is 3.13. The number of urea groups is 1. The molecule has 2 aromatic carbocycles. The van der Waals surface area contributed by atoms with Gasteiger partial charge in [0.25, 0.3) is 0 Å². The molecule has 3 N–H and O–H groups in total. The van der Waals surface area contributed by atoms with Crippen LogP contribution in [0, 0.1) is 0 Å². The van der Waals surface area contributed by atoms with Gasteiger partial charge in [-0.1, -0.05) is 60.7 Å². The predicted molar refractivity (Wildman–Crippen MR) is 107 cm³/mol. The van der Waals surface area contributed by atoms with Gasteiger partial charge in [0.05, 0.1) is 6.54 Å². The number of benzene rings is 2. The van der Waals surface area contributed by atoms with Crippen LogP contribution >= 0.6 is 11.3 Å². The summed E-state index contributed by atoms with van der Waals surface area (Å²) < 4.78 is 0. The molecule has 6 nitrogen and oxygen atoms in total. The van der Waals surface area contributed by atoms with Crippen molar-refractivity contribution < 1.29 is 9.59 Å². The second-order valence-corrected chi connectivity index (χ2v) is 6.98. The minimum absolute atomic E-state index is 0.117. The van der Waals surface area contributed by atoms with Crippen molar-refractivity contribution in [3.05, 3.63) is 82.9 Å². The Morgan fingerprint density at radius 2 is 1.56 bits per heavy atom. The Morgan fingerprint density at radius 3 is 2.26 bits per heavy atom. The number of carbonyl (C=O) groups is 2. The van der Waals surface area contributed by atoms with Gasteiger partial charge in [0.2, 0.25) is 5.91 Å². The van der Waals surface area contributed by atoms with Gasteiger partial charge < -0.3 is 16.0 Å². The first-order valence-electron chi connectivity index (χ1n) is 8.53. The quantitative estimate of drug-likeness (QED) is 0.589. The molecule has 0 saturated heterocycles. The van der Waals surface area contributed by atoms with E-state index in [1.54, 1.807) is 6.20 Å². The highest BCUT2D eigenvalue weighted by Gasteiger charge is 2.09. The molecular weight excluding hydrogens is 360 g/mol. The first kappa shape index (κ1) is 18.6. The Hall–Kier alpha value is -3.19. The van der Waals surface area contributed by atoms with Gasteiger partial charge in [-0.2, -0.15) is 0 Å². The van der Waals surface area contributed by atoms with Crippen molar-refractivity contribution in [2.24, 2.45) is 0 Å². The van der Waals surface area contributed by atoms with Crippen molar-refractivity contribution >= 4 is 28.4 Å². The number of hydrogen-bond acceptors (Lipinski definition) is 4. The van der Waals surface area contributed by atoms with Crippen LogP contribution in [0.15, 0.2) is 66.9 Å². The predicted octanol–water partition coefficient (Wildman–Crippen LogP) is 3.17. The Labute approximate surface area is 161 Å². The molecule has 3 amide bonds. The van der Waals surface area contributed by atoms with Crippen LogP contribution in [-0.4, -0.2) is 23.5 Å². The second kappa shape index (κ2) is 9.49. The fourth-order valence-electron chi connectivity index (χ4n) is 2.41. The fourth-order valence-corrected chi connectivity index (χ4v) is 3.27. The first-order valence-corrected chi connectivity index (χ1v) is 9.35. The molecule has 0 unspecified atom stereocenters. The zero-order chi connectivity index (χ0) is 18.9. The number of hydrogen-bond donors (Lipinski definition) is 3. The van der Waals surface area contributed by atoms with Gasteiger partial charge >= 0.3 is 6.03 Å². The van der Waals surface area contributed by atoms with E-state index >= 15 is 0 Å². The lowest BCUT2D eigenvalue weighted by Gasteiger charge is -2.07. The molecule has 3 rings (SSSR count). The molecule has 3 aromatic rings. The highest BCUT2D eigenvalue weighted by Crippen LogP contribution is 2.20. The van der Waals surface area contributed by atoms with E-state index in [1.165, 1.54) is 16.9 Å². The molecule has 0 radical (unpaired) electrons. The molecule has 1 aromatic heterocycles. The molecule has 0 aliphatic carbocycles. The summed E-state index contributed by atoms with van der Waals surface area (Å²) in [5.41, 5.74) is 2.18. The van der Waals surface area contributed by atoms with Gasteiger partial charge in [0.15, 0.2) is 5.13 Å². The lowest BCUT2D eigenvalue weighted by Crippen LogP contribution is -2.39. The number of carbonyl (C=O) groups excluding carboxylic acids is 2. The fraction of sp³-hybridized carbons (Fsp3) is 0.150. The maximum Gasteiger partial charge on any atom is 0.315 e. The second-order valence-electron chi connectivity index (χ2n) is 5.86. The van der Waals surface area contributed by atoms with E-state index in [0.717, 1.165) is 16.9 Å². The summed E-state index contributed by atoms with van der Waals surface area (Å²) in [4.78, 5) is 29.0. The Morgan fingerprint density at radius 1 is 0.889 bits per heavy atom. The molecule has 1 heterocycles. The molecule has 0 bridgehead atoms. The van der Waals surface area contributed by atoms with Crippen LogP contribution in [0.4, 0.5) is 9.93 Å². The zero-order valence-corrected chi connectivity index (χ0v) is 15.5. The van der Waals surface area contributed by atoms with E-state index in [-0.39, 0.29) is 12.5 Å². The van der Waals surface area contributed by atoms with Crippen LogP contribution in [0.5, 0.6) is 0 Å². The third-order valence-corrected chi connectivity index (χ3v) is 4.64. The third kappa shape index (κ3) is 6.23. The molecule has 7 heteroatoms. The van der Waals surface area contributed by atoms with Crippen molar-refractivity contribution in [3.8, 4) is 0 Å². The summed E-state index contributed by atoms with van der Waals surface area (Å²) in [7, 11) is 0. The Bertz CT molecular complexity index is 881. The number of aromatic nitrogens is 1. The third-order valence-electron chi connectivity index (χ3n) is 3.73. The van der Waals surface area contributed by atoms with Crippen LogP contribution in [0.3, 0.4) is 0 Å². The molecule has 0 atom stereocenters. The Balaban J connectivity index is 1.39. The average molecular weight is 380 g/mol. The molecule has 0 fully saturated rings. The van der Waals surface area contributed by atoms with Crippen molar-refractivity contribution in [2.75, 3.05) is 11.9 Å². The molecule has 0 aliphatic rings. The number of amides is 3. The van der Waals surface area contributed by atoms with Gasteiger partial charge in [0.1, 0.15) is 0 Å². The van der Waals surface area contributed by atoms with Gasteiger partial charge in [-0.25, -0.2) is 9.78 Å². The summed E-state index contributed by atoms with van der Waals surface area (Å²) in [5.74, 6) is -0.314. The Kier molecular flexibility index (Phi) is 6.54. The van der Waals surface area contributed by atoms with Gasteiger partial charge in [-0.15, -0.1) is 11.3 Å². The van der Waals surface area contributed by atoms with Crippen LogP contribution in [0.2, 0.25) is 0 Å². The maximum atomic E-state index is 12.0. The summed E-state index contributed by atoms with van der Waals surface area (Å²) in [6, 6.07) is 19.2. The summed E-state index contributed by atoms with van der Waals surface area (Å²) >= 11 is 1.43. The standard InChI is InChI=1S/C20H20N4O2S/c25-18(14-22-19(26)21-12-16-9-5-2-6-10-16)24-20-23-13-17(27-20)11-15-7-3-1-4-8-15/h1-10,13H,11-12,14H2,(H2,21,22,26)(H,23,24,25). The topological polar surface area (TPSA) is 83.1 Å². The molecule has 138 valence electrons. The SMILES string of the molecule is O=C(CNC(=O)NCc1ccccc1)Nc1ncc(Cc2ccccc2)s1. The van der Waals surface area contributed by atoms with E-state index in [2.05, 4.69) is 33.1 Å². The highest BCUT2D eigenvalue weighted by atomic mass is 32.1. The van der Waals surface area contributed by atoms with Crippen LogP contribution in [-0.2, 0) is 17.8 Å². The van der Waals surface area contributed by atoms with Crippen molar-refractivity contribution in [1.82, 2.24) is 15.6 Å². The van der Waals surface area contributed by atoms with E-state index in [9.17, 15) is 9.59 Å². The largest absolute Gasteiger partial charge is 0.334 e. The normalized spacial score (nSPS) is 10.2. The van der Waals surface area contributed by atoms with E-state index in [1.807, 2.05) is 48.5 Å². The number of nitrogens with zero attached hydrogens (tertiary/aromatic N) is 1. The summed E-state index contributed by atoms with van der Waals surface area (Å²) in [6.45, 7) is 0.290. The summed E-state index contributed by atoms with van der Waals surface area (Å²) in [6.07, 6.45) is 2.53. The van der Waals surface area contributed by atoms with E-state index < -0.39 is 6.03 Å². The van der Waals surface area contributed by atoms with Crippen molar-refractivity contribution in [2.45, 2.75) is 13.0 Å². The van der Waals surface area contributed by atoms with Crippen LogP contribution in [0.1, 0.15) is 16.0 Å². The number of thiazole rings is 1. The molecular formula is C20H20N4O2S. The lowest BCUT2D eigenvalue weighted by molar-refractivity contribution is -0.115. The van der Waals surface area contributed by atoms with Crippen molar-refractivity contribution in [3.63, 3.8) is 0 Å². The monoisotopic (exact) mass is 380 g/mol. The van der Waals surface area contributed by atoms with E-state index in [0.29, 0.717) is 11.7 Å². The van der Waals surface area contributed by atoms with Crippen LogP contribution < -0.4 is 16.0 Å². The highest BCUT2D eigenvalue weighted by molar-refractivity contribution is 7.15. The van der Waals surface area contributed by atoms with Gasteiger partial charge in [-0.3, -0.25) is 4.79 Å². The van der Waals surface area contributed by atoms with Crippen molar-refractivity contribution in [1.29, 1.82) is 0 Å². The zero-order valence-electron chi connectivity index (χ0n) is 14.6. The molecule has 0 spiro atoms. The number of rotatable bonds is 7. The van der Waals surface area contributed by atoms with Gasteiger partial charge in [-0.05, 0) is 11.1 Å². The minimum Gasteiger partial charge on any atom is -0.334 e. The minimum atomic E-state index is -0.391. The van der Waals surface area contributed by atoms with Crippen LogP contribution in [0.25, 0.3) is 0 Å². The maximum absolute atomic E-state index is 12.0. The van der Waals surface area contributed by atoms with Gasteiger partial charge in [0, 0.05) is 24.0 Å².